The minimum atomic E-state index is -0.551. The summed E-state index contributed by atoms with van der Waals surface area (Å²) in [6.45, 7) is 0.413. The largest absolute Gasteiger partial charge is 0.404 e. The van der Waals surface area contributed by atoms with E-state index in [1.54, 1.807) is 6.08 Å². The Morgan fingerprint density at radius 2 is 2.54 bits per heavy atom. The predicted molar refractivity (Wildman–Crippen MR) is 51.6 cm³/mol. The molecule has 0 aromatic carbocycles. The second-order valence-electron chi connectivity index (χ2n) is 2.14. The highest BCUT2D eigenvalue weighted by Crippen LogP contribution is 2.21. The van der Waals surface area contributed by atoms with Gasteiger partial charge in [0.1, 0.15) is 4.47 Å². The van der Waals surface area contributed by atoms with Crippen LogP contribution >= 0.6 is 27.5 Å². The summed E-state index contributed by atoms with van der Waals surface area (Å²) in [6.07, 6.45) is 3.15. The number of allylic oxidation sites excluding steroid dienone is 1. The normalized spacial score (nSPS) is 10.9. The smallest absolute Gasteiger partial charge is 0.358 e. The van der Waals surface area contributed by atoms with Crippen molar-refractivity contribution in [1.82, 2.24) is 9.78 Å². The monoisotopic (exact) mass is 265 g/mol. The van der Waals surface area contributed by atoms with Crippen LogP contribution in [0.25, 0.3) is 0 Å². The average molecular weight is 266 g/mol. The van der Waals surface area contributed by atoms with Gasteiger partial charge >= 0.3 is 5.82 Å². The van der Waals surface area contributed by atoms with Crippen LogP contribution < -0.4 is 0 Å². The van der Waals surface area contributed by atoms with Crippen LogP contribution in [0.1, 0.15) is 0 Å². The molecule has 1 rings (SSSR count). The van der Waals surface area contributed by atoms with Crippen molar-refractivity contribution in [3.63, 3.8) is 0 Å². The van der Waals surface area contributed by atoms with Gasteiger partial charge in [0, 0.05) is 5.54 Å². The first-order chi connectivity index (χ1) is 6.15. The van der Waals surface area contributed by atoms with E-state index >= 15 is 0 Å². The molecule has 0 spiro atoms. The molecule has 0 fully saturated rings. The Hall–Kier alpha value is -0.880. The van der Waals surface area contributed by atoms with E-state index in [0.29, 0.717) is 11.0 Å². The van der Waals surface area contributed by atoms with Crippen molar-refractivity contribution in [1.29, 1.82) is 0 Å². The molecule has 0 saturated heterocycles. The van der Waals surface area contributed by atoms with Crippen LogP contribution in [0, 0.1) is 10.1 Å². The van der Waals surface area contributed by atoms with E-state index in [4.69, 9.17) is 11.6 Å². The van der Waals surface area contributed by atoms with Crippen LogP contribution in [0.2, 0.25) is 0 Å². The number of aromatic nitrogens is 2. The highest BCUT2D eigenvalue weighted by Gasteiger charge is 2.17. The number of nitro groups is 1. The maximum atomic E-state index is 10.4. The van der Waals surface area contributed by atoms with Crippen molar-refractivity contribution in [2.75, 3.05) is 0 Å². The summed E-state index contributed by atoms with van der Waals surface area (Å²) in [5.74, 6) is -0.192. The Labute approximate surface area is 87.3 Å². The molecule has 0 saturated carbocycles. The van der Waals surface area contributed by atoms with Crippen LogP contribution in [0.3, 0.4) is 0 Å². The van der Waals surface area contributed by atoms with Crippen molar-refractivity contribution in [2.24, 2.45) is 0 Å². The molecule has 13 heavy (non-hydrogen) atoms. The molecule has 0 unspecified atom stereocenters. The molecule has 0 radical (unpaired) electrons. The van der Waals surface area contributed by atoms with Gasteiger partial charge in [0.2, 0.25) is 0 Å². The van der Waals surface area contributed by atoms with Crippen LogP contribution in [0.5, 0.6) is 0 Å². The SMILES string of the molecule is O=[N+]([O-])c1nn(C/C=C/Cl)cc1Br. The lowest BCUT2D eigenvalue weighted by atomic mass is 10.6. The Kier molecular flexibility index (Phi) is 3.44. The second-order valence-corrected chi connectivity index (χ2v) is 3.25. The lowest BCUT2D eigenvalue weighted by Gasteiger charge is -1.86. The zero-order valence-electron chi connectivity index (χ0n) is 6.35. The van der Waals surface area contributed by atoms with Gasteiger partial charge < -0.3 is 10.1 Å². The van der Waals surface area contributed by atoms with Gasteiger partial charge in [0.15, 0.2) is 0 Å². The fraction of sp³-hybridized carbons (Fsp3) is 0.167. The molecule has 1 heterocycles. The van der Waals surface area contributed by atoms with Crippen LogP contribution in [-0.4, -0.2) is 14.7 Å². The first kappa shape index (κ1) is 10.2. The van der Waals surface area contributed by atoms with E-state index in [1.165, 1.54) is 16.4 Å². The van der Waals surface area contributed by atoms with Gasteiger partial charge in [0.25, 0.3) is 0 Å². The molecule has 0 aliphatic rings. The minimum absolute atomic E-state index is 0.192. The van der Waals surface area contributed by atoms with Gasteiger partial charge in [0.05, 0.1) is 17.8 Å². The minimum Gasteiger partial charge on any atom is -0.358 e. The van der Waals surface area contributed by atoms with Crippen molar-refractivity contribution in [2.45, 2.75) is 6.54 Å². The molecule has 0 atom stereocenters. The summed E-state index contributed by atoms with van der Waals surface area (Å²) >= 11 is 8.32. The lowest BCUT2D eigenvalue weighted by molar-refractivity contribution is -0.390. The third-order valence-electron chi connectivity index (χ3n) is 1.25. The fourth-order valence-electron chi connectivity index (χ4n) is 0.752. The molecule has 7 heteroatoms. The number of hydrogen-bond acceptors (Lipinski definition) is 3. The highest BCUT2D eigenvalue weighted by molar-refractivity contribution is 9.10. The van der Waals surface area contributed by atoms with Gasteiger partial charge in [-0.15, -0.1) is 0 Å². The molecule has 5 nitrogen and oxygen atoms in total. The number of hydrogen-bond donors (Lipinski definition) is 0. The summed E-state index contributed by atoms with van der Waals surface area (Å²) in [6, 6.07) is 0. The maximum absolute atomic E-state index is 10.4. The van der Waals surface area contributed by atoms with Gasteiger partial charge in [-0.3, -0.25) is 0 Å². The van der Waals surface area contributed by atoms with Crippen molar-refractivity contribution >= 4 is 33.3 Å². The molecular formula is C6H5BrClN3O2. The third-order valence-corrected chi connectivity index (χ3v) is 1.99. The zero-order chi connectivity index (χ0) is 9.84. The molecular weight excluding hydrogens is 261 g/mol. The summed E-state index contributed by atoms with van der Waals surface area (Å²) in [7, 11) is 0. The van der Waals surface area contributed by atoms with E-state index in [-0.39, 0.29) is 5.82 Å². The first-order valence-corrected chi connectivity index (χ1v) is 4.50. The average Bonchev–Trinajstić information content (AvgIpc) is 2.43. The molecule has 70 valence electrons. The van der Waals surface area contributed by atoms with Crippen molar-refractivity contribution in [3.8, 4) is 0 Å². The number of halogens is 2. The topological polar surface area (TPSA) is 61.0 Å². The molecule has 0 N–H and O–H groups in total. The Balaban J connectivity index is 2.88. The number of rotatable bonds is 3. The second kappa shape index (κ2) is 4.38. The summed E-state index contributed by atoms with van der Waals surface area (Å²) in [5.41, 5.74) is 1.33. The standard InChI is InChI=1S/C6H5BrClN3O2/c7-5-4-10(3-1-2-8)9-6(5)11(12)13/h1-2,4H,3H2/b2-1+. The van der Waals surface area contributed by atoms with Gasteiger partial charge in [-0.25, -0.2) is 0 Å². The van der Waals surface area contributed by atoms with Gasteiger partial charge in [-0.2, -0.15) is 4.68 Å². The zero-order valence-corrected chi connectivity index (χ0v) is 8.70. The van der Waals surface area contributed by atoms with E-state index in [0.717, 1.165) is 0 Å². The lowest BCUT2D eigenvalue weighted by Crippen LogP contribution is -1.97. The summed E-state index contributed by atoms with van der Waals surface area (Å²) in [5, 5.41) is 14.1. The van der Waals surface area contributed by atoms with Gasteiger partial charge in [-0.1, -0.05) is 11.6 Å². The summed E-state index contributed by atoms with van der Waals surface area (Å²) in [4.78, 5) is 9.81. The van der Waals surface area contributed by atoms with Crippen molar-refractivity contribution < 1.29 is 4.92 Å². The number of nitrogens with zero attached hydrogens (tertiary/aromatic N) is 3. The Morgan fingerprint density at radius 3 is 3.00 bits per heavy atom. The van der Waals surface area contributed by atoms with E-state index in [9.17, 15) is 10.1 Å². The van der Waals surface area contributed by atoms with Gasteiger partial charge in [-0.05, 0) is 26.9 Å². The molecule has 1 aromatic rings. The summed E-state index contributed by atoms with van der Waals surface area (Å²) < 4.78 is 1.78. The molecule has 1 aromatic heterocycles. The van der Waals surface area contributed by atoms with Crippen molar-refractivity contribution in [3.05, 3.63) is 32.4 Å². The predicted octanol–water partition coefficient (Wildman–Crippen LogP) is 2.31. The maximum Gasteiger partial charge on any atom is 0.404 e. The Morgan fingerprint density at radius 1 is 1.85 bits per heavy atom. The van der Waals surface area contributed by atoms with Crippen LogP contribution in [0.4, 0.5) is 5.82 Å². The highest BCUT2D eigenvalue weighted by atomic mass is 79.9. The Bertz CT molecular complexity index is 350. The van der Waals surface area contributed by atoms with E-state index in [1.807, 2.05) is 0 Å². The van der Waals surface area contributed by atoms with E-state index < -0.39 is 4.92 Å². The molecule has 0 bridgehead atoms. The first-order valence-electron chi connectivity index (χ1n) is 3.27. The fourth-order valence-corrected chi connectivity index (χ4v) is 1.29. The molecule has 0 aliphatic carbocycles. The molecule has 0 aliphatic heterocycles. The van der Waals surface area contributed by atoms with E-state index in [2.05, 4.69) is 21.0 Å². The van der Waals surface area contributed by atoms with Crippen LogP contribution in [0.15, 0.2) is 22.3 Å². The third kappa shape index (κ3) is 2.53. The van der Waals surface area contributed by atoms with Crippen LogP contribution in [-0.2, 0) is 6.54 Å². The quantitative estimate of drug-likeness (QED) is 0.623. The molecule has 0 amide bonds.